The van der Waals surface area contributed by atoms with Crippen molar-refractivity contribution in [3.63, 3.8) is 0 Å². The highest BCUT2D eigenvalue weighted by Gasteiger charge is 2.18. The minimum absolute atomic E-state index is 0.0665. The Hall–Kier alpha value is -3.10. The second-order valence-corrected chi connectivity index (χ2v) is 6.73. The molecule has 29 heavy (non-hydrogen) atoms. The van der Waals surface area contributed by atoms with Gasteiger partial charge in [0, 0.05) is 11.6 Å². The van der Waals surface area contributed by atoms with Gasteiger partial charge in [0.2, 0.25) is 0 Å². The van der Waals surface area contributed by atoms with Gasteiger partial charge in [0.1, 0.15) is 0 Å². The Morgan fingerprint density at radius 2 is 1.76 bits per heavy atom. The van der Waals surface area contributed by atoms with Crippen LogP contribution in [0, 0.1) is 0 Å². The number of nitrogens with one attached hydrogen (secondary N) is 2. The Labute approximate surface area is 169 Å². The van der Waals surface area contributed by atoms with Gasteiger partial charge in [-0.25, -0.2) is 9.59 Å². The highest BCUT2D eigenvalue weighted by atomic mass is 16.6. The van der Waals surface area contributed by atoms with Crippen LogP contribution >= 0.6 is 0 Å². The summed E-state index contributed by atoms with van der Waals surface area (Å²) in [5.41, 5.74) is 0.444. The molecule has 0 saturated heterocycles. The molecule has 0 aromatic heterocycles. The second-order valence-electron chi connectivity index (χ2n) is 6.73. The summed E-state index contributed by atoms with van der Waals surface area (Å²) in [6.45, 7) is 0.366. The number of amides is 3. The van der Waals surface area contributed by atoms with Gasteiger partial charge in [-0.15, -0.1) is 0 Å². The summed E-state index contributed by atoms with van der Waals surface area (Å²) >= 11 is 0. The maximum Gasteiger partial charge on any atom is 0.344 e. The van der Waals surface area contributed by atoms with Crippen molar-refractivity contribution in [1.29, 1.82) is 0 Å². The smallest absolute Gasteiger partial charge is 0.344 e. The van der Waals surface area contributed by atoms with E-state index in [2.05, 4.69) is 10.6 Å². The van der Waals surface area contributed by atoms with Crippen molar-refractivity contribution in [2.45, 2.75) is 45.1 Å². The van der Waals surface area contributed by atoms with Crippen molar-refractivity contribution in [1.82, 2.24) is 10.6 Å². The quantitative estimate of drug-likeness (QED) is 0.500. The largest absolute Gasteiger partial charge is 0.493 e. The number of rotatable bonds is 8. The zero-order valence-electron chi connectivity index (χ0n) is 16.6. The highest BCUT2D eigenvalue weighted by molar-refractivity contribution is 5.96. The number of imide groups is 1. The number of esters is 1. The van der Waals surface area contributed by atoms with Gasteiger partial charge in [0.05, 0.1) is 7.11 Å². The van der Waals surface area contributed by atoms with Gasteiger partial charge in [-0.05, 0) is 38.0 Å². The van der Waals surface area contributed by atoms with E-state index >= 15 is 0 Å². The molecule has 0 heterocycles. The standard InChI is InChI=1S/C20H26N2O7/c1-13(23)14-8-9-16(17(10-14)27-2)28-12-19(25)29-11-18(24)22-20(26)21-15-6-4-3-5-7-15/h8-10,15H,3-7,11-12H2,1-2H3,(H2,21,22,24,26). The second kappa shape index (κ2) is 11.0. The number of hydrogen-bond acceptors (Lipinski definition) is 7. The summed E-state index contributed by atoms with van der Waals surface area (Å²) in [6, 6.07) is 4.03. The van der Waals surface area contributed by atoms with Gasteiger partial charge < -0.3 is 19.5 Å². The van der Waals surface area contributed by atoms with Gasteiger partial charge in [0.15, 0.2) is 30.5 Å². The van der Waals surface area contributed by atoms with Gasteiger partial charge in [-0.3, -0.25) is 14.9 Å². The summed E-state index contributed by atoms with van der Waals surface area (Å²) in [6.07, 6.45) is 5.05. The van der Waals surface area contributed by atoms with Crippen LogP contribution in [-0.2, 0) is 14.3 Å². The number of benzene rings is 1. The van der Waals surface area contributed by atoms with E-state index in [9.17, 15) is 19.2 Å². The number of urea groups is 1. The summed E-state index contributed by atoms with van der Waals surface area (Å²) in [7, 11) is 1.41. The number of hydrogen-bond donors (Lipinski definition) is 2. The highest BCUT2D eigenvalue weighted by Crippen LogP contribution is 2.28. The van der Waals surface area contributed by atoms with Crippen LogP contribution in [0.25, 0.3) is 0 Å². The number of Topliss-reactive ketones (excluding diaryl/α,β-unsaturated/α-hetero) is 1. The van der Waals surface area contributed by atoms with E-state index < -0.39 is 31.1 Å². The molecule has 1 aliphatic rings. The number of ether oxygens (including phenoxy) is 3. The molecule has 1 aliphatic carbocycles. The molecular formula is C20H26N2O7. The van der Waals surface area contributed by atoms with Crippen LogP contribution in [0.3, 0.4) is 0 Å². The van der Waals surface area contributed by atoms with Crippen molar-refractivity contribution in [3.8, 4) is 11.5 Å². The third-order valence-electron chi connectivity index (χ3n) is 4.47. The van der Waals surface area contributed by atoms with E-state index in [4.69, 9.17) is 14.2 Å². The van der Waals surface area contributed by atoms with Crippen molar-refractivity contribution in [2.75, 3.05) is 20.3 Å². The molecule has 0 radical (unpaired) electrons. The summed E-state index contributed by atoms with van der Waals surface area (Å²) < 4.78 is 15.3. The molecule has 0 atom stereocenters. The van der Waals surface area contributed by atoms with Gasteiger partial charge in [0.25, 0.3) is 5.91 Å². The van der Waals surface area contributed by atoms with Gasteiger partial charge >= 0.3 is 12.0 Å². The first-order valence-electron chi connectivity index (χ1n) is 9.46. The van der Waals surface area contributed by atoms with Crippen LogP contribution < -0.4 is 20.1 Å². The summed E-state index contributed by atoms with van der Waals surface area (Å²) in [5, 5.41) is 4.87. The Balaban J connectivity index is 1.71. The molecule has 3 amide bonds. The Bertz CT molecular complexity index is 757. The average Bonchev–Trinajstić information content (AvgIpc) is 2.71. The van der Waals surface area contributed by atoms with Crippen LogP contribution in [0.15, 0.2) is 18.2 Å². The van der Waals surface area contributed by atoms with E-state index in [1.54, 1.807) is 6.07 Å². The van der Waals surface area contributed by atoms with Crippen molar-refractivity contribution >= 4 is 23.7 Å². The molecule has 0 aliphatic heterocycles. The van der Waals surface area contributed by atoms with Gasteiger partial charge in [-0.2, -0.15) is 0 Å². The average molecular weight is 406 g/mol. The van der Waals surface area contributed by atoms with Crippen LogP contribution in [0.5, 0.6) is 11.5 Å². The van der Waals surface area contributed by atoms with Crippen molar-refractivity contribution in [3.05, 3.63) is 23.8 Å². The van der Waals surface area contributed by atoms with E-state index in [1.165, 1.54) is 26.2 Å². The molecule has 1 aromatic carbocycles. The predicted octanol–water partition coefficient (Wildman–Crippen LogP) is 1.98. The van der Waals surface area contributed by atoms with E-state index in [1.807, 2.05) is 0 Å². The Morgan fingerprint density at radius 3 is 2.41 bits per heavy atom. The van der Waals surface area contributed by atoms with Crippen LogP contribution in [0.2, 0.25) is 0 Å². The van der Waals surface area contributed by atoms with E-state index in [0.29, 0.717) is 11.3 Å². The fraction of sp³-hybridized carbons (Fsp3) is 0.500. The lowest BCUT2D eigenvalue weighted by Crippen LogP contribution is -2.46. The molecule has 2 N–H and O–H groups in total. The first kappa shape index (κ1) is 22.2. The molecule has 158 valence electrons. The van der Waals surface area contributed by atoms with E-state index in [0.717, 1.165) is 32.1 Å². The molecular weight excluding hydrogens is 380 g/mol. The number of ketones is 1. The zero-order chi connectivity index (χ0) is 21.2. The van der Waals surface area contributed by atoms with Crippen LogP contribution in [0.1, 0.15) is 49.4 Å². The molecule has 1 fully saturated rings. The van der Waals surface area contributed by atoms with Crippen LogP contribution in [-0.4, -0.2) is 50.1 Å². The fourth-order valence-corrected chi connectivity index (χ4v) is 2.96. The monoisotopic (exact) mass is 406 g/mol. The summed E-state index contributed by atoms with van der Waals surface area (Å²) in [4.78, 5) is 46.7. The molecule has 2 rings (SSSR count). The van der Waals surface area contributed by atoms with Crippen LogP contribution in [0.4, 0.5) is 4.79 Å². The molecule has 0 spiro atoms. The maximum absolute atomic E-state index is 11.8. The zero-order valence-corrected chi connectivity index (χ0v) is 16.6. The molecule has 9 nitrogen and oxygen atoms in total. The number of carbonyl (C=O) groups is 4. The third-order valence-corrected chi connectivity index (χ3v) is 4.47. The lowest BCUT2D eigenvalue weighted by Gasteiger charge is -2.22. The fourth-order valence-electron chi connectivity index (χ4n) is 2.96. The first-order valence-corrected chi connectivity index (χ1v) is 9.46. The van der Waals surface area contributed by atoms with Crippen molar-refractivity contribution < 1.29 is 33.4 Å². The molecule has 9 heteroatoms. The minimum atomic E-state index is -0.787. The maximum atomic E-state index is 11.8. The Morgan fingerprint density at radius 1 is 1.03 bits per heavy atom. The predicted molar refractivity (Wildman–Crippen MR) is 103 cm³/mol. The summed E-state index contributed by atoms with van der Waals surface area (Å²) in [5.74, 6) is -1.10. The molecule has 1 saturated carbocycles. The van der Waals surface area contributed by atoms with E-state index in [-0.39, 0.29) is 17.6 Å². The van der Waals surface area contributed by atoms with Gasteiger partial charge in [-0.1, -0.05) is 19.3 Å². The lowest BCUT2D eigenvalue weighted by atomic mass is 9.96. The lowest BCUT2D eigenvalue weighted by molar-refractivity contribution is -0.150. The normalized spacial score (nSPS) is 13.9. The SMILES string of the molecule is COc1cc(C(C)=O)ccc1OCC(=O)OCC(=O)NC(=O)NC1CCCCC1. The molecule has 0 bridgehead atoms. The number of methoxy groups -OCH3 is 1. The number of carbonyl (C=O) groups excluding carboxylic acids is 4. The molecule has 1 aromatic rings. The third kappa shape index (κ3) is 7.44. The first-order chi connectivity index (χ1) is 13.9. The van der Waals surface area contributed by atoms with Crippen molar-refractivity contribution in [2.24, 2.45) is 0 Å². The topological polar surface area (TPSA) is 120 Å². The Kier molecular flexibility index (Phi) is 8.45. The minimum Gasteiger partial charge on any atom is -0.493 e. The molecule has 0 unspecified atom stereocenters.